The Morgan fingerprint density at radius 3 is 2.43 bits per heavy atom. The molecule has 1 aliphatic rings. The van der Waals surface area contributed by atoms with Gasteiger partial charge in [-0.05, 0) is 32.6 Å². The van der Waals surface area contributed by atoms with Gasteiger partial charge in [-0.3, -0.25) is 11.3 Å². The summed E-state index contributed by atoms with van der Waals surface area (Å²) in [5, 5.41) is 0. The van der Waals surface area contributed by atoms with Gasteiger partial charge in [-0.15, -0.1) is 0 Å². The minimum atomic E-state index is -0.225. The number of nitrogens with two attached hydrogens (primary N) is 1. The fourth-order valence-electron chi connectivity index (χ4n) is 2.08. The van der Waals surface area contributed by atoms with E-state index in [-0.39, 0.29) is 11.6 Å². The van der Waals surface area contributed by atoms with Crippen molar-refractivity contribution in [1.29, 1.82) is 0 Å². The van der Waals surface area contributed by atoms with Gasteiger partial charge in [-0.25, -0.2) is 0 Å². The maximum absolute atomic E-state index is 5.59. The normalized spacial score (nSPS) is 22.3. The molecule has 0 saturated carbocycles. The molecule has 84 valence electrons. The molecule has 0 aromatic carbocycles. The molecule has 0 aliphatic carbocycles. The summed E-state index contributed by atoms with van der Waals surface area (Å²) in [4.78, 5) is 0. The standard InChI is InChI=1S/C10H22N2O2/c1-10(2,13-3)9(12-11)8-4-6-14-7-5-8/h8-9,12H,4-7,11H2,1-3H3. The van der Waals surface area contributed by atoms with Crippen LogP contribution in [0.1, 0.15) is 26.7 Å². The van der Waals surface area contributed by atoms with Crippen molar-refractivity contribution < 1.29 is 9.47 Å². The fourth-order valence-corrected chi connectivity index (χ4v) is 2.08. The summed E-state index contributed by atoms with van der Waals surface area (Å²) in [6, 6.07) is 0.191. The van der Waals surface area contributed by atoms with Crippen LogP contribution in [0.2, 0.25) is 0 Å². The van der Waals surface area contributed by atoms with Crippen molar-refractivity contribution in [2.75, 3.05) is 20.3 Å². The van der Waals surface area contributed by atoms with Crippen molar-refractivity contribution in [3.05, 3.63) is 0 Å². The second-order valence-electron chi connectivity index (χ2n) is 4.40. The second kappa shape index (κ2) is 5.07. The molecule has 14 heavy (non-hydrogen) atoms. The van der Waals surface area contributed by atoms with Crippen LogP contribution in [-0.2, 0) is 9.47 Å². The SMILES string of the molecule is COC(C)(C)C(NN)C1CCOCC1. The lowest BCUT2D eigenvalue weighted by atomic mass is 9.82. The summed E-state index contributed by atoms with van der Waals surface area (Å²) >= 11 is 0. The molecule has 1 fully saturated rings. The van der Waals surface area contributed by atoms with Crippen LogP contribution in [0.5, 0.6) is 0 Å². The Balaban J connectivity index is 2.59. The molecule has 0 radical (unpaired) electrons. The zero-order valence-electron chi connectivity index (χ0n) is 9.38. The lowest BCUT2D eigenvalue weighted by Crippen LogP contribution is -2.56. The Bertz CT molecular complexity index is 168. The van der Waals surface area contributed by atoms with Gasteiger partial charge in [0, 0.05) is 20.3 Å². The lowest BCUT2D eigenvalue weighted by Gasteiger charge is -2.39. The van der Waals surface area contributed by atoms with E-state index in [1.54, 1.807) is 7.11 Å². The van der Waals surface area contributed by atoms with Gasteiger partial charge in [0.2, 0.25) is 0 Å². The molecule has 1 unspecified atom stereocenters. The molecule has 0 amide bonds. The molecule has 1 aliphatic heterocycles. The minimum absolute atomic E-state index is 0.191. The van der Waals surface area contributed by atoms with Crippen molar-refractivity contribution in [3.63, 3.8) is 0 Å². The average molecular weight is 202 g/mol. The zero-order chi connectivity index (χ0) is 10.6. The summed E-state index contributed by atoms with van der Waals surface area (Å²) in [5.74, 6) is 6.14. The van der Waals surface area contributed by atoms with Gasteiger partial charge in [-0.1, -0.05) is 0 Å². The molecule has 4 nitrogen and oxygen atoms in total. The van der Waals surface area contributed by atoms with Gasteiger partial charge < -0.3 is 9.47 Å². The van der Waals surface area contributed by atoms with Gasteiger partial charge in [0.05, 0.1) is 11.6 Å². The molecule has 1 heterocycles. The predicted molar refractivity (Wildman–Crippen MR) is 55.7 cm³/mol. The van der Waals surface area contributed by atoms with Crippen LogP contribution in [0, 0.1) is 5.92 Å². The van der Waals surface area contributed by atoms with E-state index in [1.807, 2.05) is 0 Å². The molecule has 1 saturated heterocycles. The molecule has 1 atom stereocenters. The van der Waals surface area contributed by atoms with Crippen LogP contribution >= 0.6 is 0 Å². The Morgan fingerprint density at radius 2 is 2.00 bits per heavy atom. The minimum Gasteiger partial charge on any atom is -0.381 e. The van der Waals surface area contributed by atoms with E-state index in [0.717, 1.165) is 26.1 Å². The van der Waals surface area contributed by atoms with Crippen LogP contribution in [0.25, 0.3) is 0 Å². The number of nitrogens with one attached hydrogen (secondary N) is 1. The summed E-state index contributed by atoms with van der Waals surface area (Å²) < 4.78 is 10.8. The smallest absolute Gasteiger partial charge is 0.0791 e. The molecule has 0 aromatic rings. The first kappa shape index (κ1) is 11.9. The van der Waals surface area contributed by atoms with Crippen LogP contribution < -0.4 is 11.3 Å². The maximum Gasteiger partial charge on any atom is 0.0791 e. The van der Waals surface area contributed by atoms with E-state index in [0.29, 0.717) is 5.92 Å². The molecule has 0 aromatic heterocycles. The Labute approximate surface area is 86.1 Å². The van der Waals surface area contributed by atoms with E-state index >= 15 is 0 Å². The van der Waals surface area contributed by atoms with Crippen LogP contribution in [-0.4, -0.2) is 32.0 Å². The van der Waals surface area contributed by atoms with E-state index in [2.05, 4.69) is 19.3 Å². The Hall–Kier alpha value is -0.160. The van der Waals surface area contributed by atoms with Gasteiger partial charge >= 0.3 is 0 Å². The second-order valence-corrected chi connectivity index (χ2v) is 4.40. The quantitative estimate of drug-likeness (QED) is 0.519. The zero-order valence-corrected chi connectivity index (χ0v) is 9.38. The largest absolute Gasteiger partial charge is 0.381 e. The van der Waals surface area contributed by atoms with Gasteiger partial charge in [0.25, 0.3) is 0 Å². The number of hydrogen-bond acceptors (Lipinski definition) is 4. The highest BCUT2D eigenvalue weighted by molar-refractivity contribution is 4.90. The predicted octanol–water partition coefficient (Wildman–Crippen LogP) is 0.670. The Morgan fingerprint density at radius 1 is 1.43 bits per heavy atom. The average Bonchev–Trinajstić information content (AvgIpc) is 2.20. The van der Waals surface area contributed by atoms with E-state index in [4.69, 9.17) is 15.3 Å². The number of ether oxygens (including phenoxy) is 2. The molecule has 4 heteroatoms. The summed E-state index contributed by atoms with van der Waals surface area (Å²) in [6.07, 6.45) is 2.11. The summed E-state index contributed by atoms with van der Waals surface area (Å²) in [5.41, 5.74) is 2.66. The lowest BCUT2D eigenvalue weighted by molar-refractivity contribution is -0.0483. The van der Waals surface area contributed by atoms with E-state index in [9.17, 15) is 0 Å². The Kier molecular flexibility index (Phi) is 4.31. The van der Waals surface area contributed by atoms with Crippen LogP contribution in [0.3, 0.4) is 0 Å². The highest BCUT2D eigenvalue weighted by atomic mass is 16.5. The molecule has 0 spiro atoms. The topological polar surface area (TPSA) is 56.5 Å². The molecule has 3 N–H and O–H groups in total. The van der Waals surface area contributed by atoms with E-state index in [1.165, 1.54) is 0 Å². The third kappa shape index (κ3) is 2.67. The highest BCUT2D eigenvalue weighted by Crippen LogP contribution is 2.27. The molecule has 1 rings (SSSR count). The van der Waals surface area contributed by atoms with Gasteiger partial charge in [-0.2, -0.15) is 0 Å². The van der Waals surface area contributed by atoms with Crippen LogP contribution in [0.4, 0.5) is 0 Å². The third-order valence-corrected chi connectivity index (χ3v) is 3.19. The maximum atomic E-state index is 5.59. The monoisotopic (exact) mass is 202 g/mol. The summed E-state index contributed by atoms with van der Waals surface area (Å²) in [7, 11) is 1.73. The fraction of sp³-hybridized carbons (Fsp3) is 1.00. The summed E-state index contributed by atoms with van der Waals surface area (Å²) in [6.45, 7) is 5.80. The first-order chi connectivity index (χ1) is 6.61. The first-order valence-corrected chi connectivity index (χ1v) is 5.21. The molecular weight excluding hydrogens is 180 g/mol. The third-order valence-electron chi connectivity index (χ3n) is 3.19. The number of methoxy groups -OCH3 is 1. The van der Waals surface area contributed by atoms with E-state index < -0.39 is 0 Å². The van der Waals surface area contributed by atoms with Gasteiger partial charge in [0.1, 0.15) is 0 Å². The number of hydrogen-bond donors (Lipinski definition) is 2. The van der Waals surface area contributed by atoms with Crippen molar-refractivity contribution in [2.24, 2.45) is 11.8 Å². The van der Waals surface area contributed by atoms with Crippen molar-refractivity contribution in [2.45, 2.75) is 38.3 Å². The van der Waals surface area contributed by atoms with Crippen LogP contribution in [0.15, 0.2) is 0 Å². The van der Waals surface area contributed by atoms with Crippen molar-refractivity contribution in [1.82, 2.24) is 5.43 Å². The molecular formula is C10H22N2O2. The first-order valence-electron chi connectivity index (χ1n) is 5.21. The number of hydrazine groups is 1. The number of rotatable bonds is 4. The van der Waals surface area contributed by atoms with Gasteiger partial charge in [0.15, 0.2) is 0 Å². The highest BCUT2D eigenvalue weighted by Gasteiger charge is 2.35. The van der Waals surface area contributed by atoms with Crippen molar-refractivity contribution in [3.8, 4) is 0 Å². The van der Waals surface area contributed by atoms with Crippen molar-refractivity contribution >= 4 is 0 Å². The molecule has 0 bridgehead atoms.